The van der Waals surface area contributed by atoms with Gasteiger partial charge in [-0.3, -0.25) is 9.59 Å². The van der Waals surface area contributed by atoms with Crippen molar-refractivity contribution in [3.05, 3.63) is 53.1 Å². The smallest absolute Gasteiger partial charge is 0.262 e. The first-order valence-corrected chi connectivity index (χ1v) is 9.79. The second kappa shape index (κ2) is 8.46. The Balaban J connectivity index is 1.64. The van der Waals surface area contributed by atoms with Crippen molar-refractivity contribution in [2.75, 3.05) is 17.2 Å². The summed E-state index contributed by atoms with van der Waals surface area (Å²) in [5, 5.41) is 5.84. The molecule has 0 aliphatic heterocycles. The summed E-state index contributed by atoms with van der Waals surface area (Å²) in [6.45, 7) is 8.02. The lowest BCUT2D eigenvalue weighted by atomic mass is 10.0. The van der Waals surface area contributed by atoms with Crippen LogP contribution in [0.5, 0.6) is 5.75 Å². The Morgan fingerprint density at radius 3 is 2.39 bits per heavy atom. The minimum absolute atomic E-state index is 0.0515. The molecule has 0 aromatic heterocycles. The van der Waals surface area contributed by atoms with Crippen LogP contribution in [-0.4, -0.2) is 18.4 Å². The second-order valence-electron chi connectivity index (χ2n) is 7.77. The van der Waals surface area contributed by atoms with Gasteiger partial charge in [0.15, 0.2) is 6.61 Å². The van der Waals surface area contributed by atoms with Crippen LogP contribution in [0.1, 0.15) is 49.3 Å². The molecule has 0 bridgehead atoms. The molecule has 1 fully saturated rings. The largest absolute Gasteiger partial charge is 0.483 e. The fraction of sp³-hybridized carbons (Fsp3) is 0.391. The van der Waals surface area contributed by atoms with Crippen molar-refractivity contribution < 1.29 is 14.3 Å². The van der Waals surface area contributed by atoms with E-state index in [0.717, 1.165) is 41.0 Å². The molecule has 0 atom stereocenters. The summed E-state index contributed by atoms with van der Waals surface area (Å²) in [6.07, 6.45) is 1.91. The fourth-order valence-corrected chi connectivity index (χ4v) is 3.06. The van der Waals surface area contributed by atoms with Crippen LogP contribution in [0.25, 0.3) is 0 Å². The van der Waals surface area contributed by atoms with Crippen molar-refractivity contribution in [1.82, 2.24) is 0 Å². The molecule has 2 amide bonds. The summed E-state index contributed by atoms with van der Waals surface area (Å²) in [5.74, 6) is 1.01. The maximum Gasteiger partial charge on any atom is 0.262 e. The van der Waals surface area contributed by atoms with E-state index in [1.54, 1.807) is 0 Å². The topological polar surface area (TPSA) is 67.4 Å². The molecule has 1 aliphatic rings. The summed E-state index contributed by atoms with van der Waals surface area (Å²) in [4.78, 5) is 24.4. The molecule has 0 spiro atoms. The van der Waals surface area contributed by atoms with Gasteiger partial charge in [0.1, 0.15) is 5.75 Å². The maximum atomic E-state index is 12.4. The Morgan fingerprint density at radius 1 is 1.07 bits per heavy atom. The van der Waals surface area contributed by atoms with E-state index in [4.69, 9.17) is 4.74 Å². The third-order valence-electron chi connectivity index (χ3n) is 4.96. The molecule has 28 heavy (non-hydrogen) atoms. The number of benzene rings is 2. The van der Waals surface area contributed by atoms with Crippen LogP contribution in [-0.2, 0) is 9.59 Å². The molecule has 2 N–H and O–H groups in total. The van der Waals surface area contributed by atoms with Crippen LogP contribution in [0.4, 0.5) is 11.4 Å². The van der Waals surface area contributed by atoms with E-state index >= 15 is 0 Å². The van der Waals surface area contributed by atoms with E-state index in [1.165, 1.54) is 0 Å². The van der Waals surface area contributed by atoms with Crippen molar-refractivity contribution in [3.8, 4) is 5.75 Å². The molecule has 148 valence electrons. The van der Waals surface area contributed by atoms with E-state index in [9.17, 15) is 9.59 Å². The molecule has 0 radical (unpaired) electrons. The Bertz CT molecular complexity index is 885. The van der Waals surface area contributed by atoms with E-state index in [1.807, 2.05) is 50.2 Å². The molecule has 5 heteroatoms. The molecule has 5 nitrogen and oxygen atoms in total. The van der Waals surface area contributed by atoms with Gasteiger partial charge in [-0.25, -0.2) is 0 Å². The lowest BCUT2D eigenvalue weighted by molar-refractivity contribution is -0.118. The molecule has 2 aromatic carbocycles. The standard InChI is InChI=1S/C23H28N2O3/c1-14(2)18-11-8-15(3)12-21(18)28-13-22(26)24-19-6-5-7-20(16(19)4)25-23(27)17-9-10-17/h5-8,11-12,14,17H,9-10,13H2,1-4H3,(H,24,26)(H,25,27). The van der Waals surface area contributed by atoms with Gasteiger partial charge in [0.2, 0.25) is 5.91 Å². The average Bonchev–Trinajstić information content (AvgIpc) is 3.48. The fourth-order valence-electron chi connectivity index (χ4n) is 3.06. The van der Waals surface area contributed by atoms with Gasteiger partial charge in [0.05, 0.1) is 0 Å². The zero-order valence-corrected chi connectivity index (χ0v) is 17.0. The van der Waals surface area contributed by atoms with Crippen molar-refractivity contribution in [2.24, 2.45) is 5.92 Å². The van der Waals surface area contributed by atoms with E-state index in [0.29, 0.717) is 11.6 Å². The molecule has 1 aliphatic carbocycles. The predicted molar refractivity (Wildman–Crippen MR) is 112 cm³/mol. The minimum atomic E-state index is -0.231. The Labute approximate surface area is 166 Å². The number of hydrogen-bond donors (Lipinski definition) is 2. The average molecular weight is 380 g/mol. The van der Waals surface area contributed by atoms with Crippen LogP contribution in [0, 0.1) is 19.8 Å². The van der Waals surface area contributed by atoms with Gasteiger partial charge in [-0.05, 0) is 67.5 Å². The monoisotopic (exact) mass is 380 g/mol. The highest BCUT2D eigenvalue weighted by Crippen LogP contribution is 2.32. The molecular formula is C23H28N2O3. The summed E-state index contributed by atoms with van der Waals surface area (Å²) < 4.78 is 5.81. The van der Waals surface area contributed by atoms with Gasteiger partial charge in [-0.1, -0.05) is 32.0 Å². The maximum absolute atomic E-state index is 12.4. The number of rotatable bonds is 7. The number of aryl methyl sites for hydroxylation is 1. The second-order valence-corrected chi connectivity index (χ2v) is 7.77. The predicted octanol–water partition coefficient (Wildman–Crippen LogP) is 4.79. The minimum Gasteiger partial charge on any atom is -0.483 e. The quantitative estimate of drug-likeness (QED) is 0.725. The summed E-state index contributed by atoms with van der Waals surface area (Å²) >= 11 is 0. The molecule has 0 unspecified atom stereocenters. The summed E-state index contributed by atoms with van der Waals surface area (Å²) in [7, 11) is 0. The third-order valence-corrected chi connectivity index (χ3v) is 4.96. The van der Waals surface area contributed by atoms with Gasteiger partial charge >= 0.3 is 0 Å². The first-order chi connectivity index (χ1) is 13.3. The highest BCUT2D eigenvalue weighted by atomic mass is 16.5. The normalized spacial score (nSPS) is 13.3. The van der Waals surface area contributed by atoms with E-state index in [2.05, 4.69) is 24.5 Å². The lowest BCUT2D eigenvalue weighted by Crippen LogP contribution is -2.21. The summed E-state index contributed by atoms with van der Waals surface area (Å²) in [5.41, 5.74) is 4.42. The molecule has 1 saturated carbocycles. The molecule has 2 aromatic rings. The SMILES string of the molecule is Cc1ccc(C(C)C)c(OCC(=O)Nc2cccc(NC(=O)C3CC3)c2C)c1. The first kappa shape index (κ1) is 19.9. The number of ether oxygens (including phenoxy) is 1. The first-order valence-electron chi connectivity index (χ1n) is 9.79. The zero-order valence-electron chi connectivity index (χ0n) is 17.0. The van der Waals surface area contributed by atoms with Crippen molar-refractivity contribution >= 4 is 23.2 Å². The zero-order chi connectivity index (χ0) is 20.3. The molecule has 3 rings (SSSR count). The van der Waals surface area contributed by atoms with E-state index in [-0.39, 0.29) is 24.3 Å². The molecule has 0 saturated heterocycles. The van der Waals surface area contributed by atoms with Crippen molar-refractivity contribution in [1.29, 1.82) is 0 Å². The number of anilines is 2. The lowest BCUT2D eigenvalue weighted by Gasteiger charge is -2.16. The van der Waals surface area contributed by atoms with Gasteiger partial charge in [-0.15, -0.1) is 0 Å². The Kier molecular flexibility index (Phi) is 6.02. The Hall–Kier alpha value is -2.82. The van der Waals surface area contributed by atoms with Crippen molar-refractivity contribution in [3.63, 3.8) is 0 Å². The third kappa shape index (κ3) is 4.91. The van der Waals surface area contributed by atoms with Crippen LogP contribution >= 0.6 is 0 Å². The highest BCUT2D eigenvalue weighted by Gasteiger charge is 2.29. The van der Waals surface area contributed by atoms with Gasteiger partial charge in [0, 0.05) is 17.3 Å². The number of carbonyl (C=O) groups is 2. The number of hydrogen-bond acceptors (Lipinski definition) is 3. The Morgan fingerprint density at radius 2 is 1.75 bits per heavy atom. The van der Waals surface area contributed by atoms with E-state index < -0.39 is 0 Å². The van der Waals surface area contributed by atoms with Gasteiger partial charge in [0.25, 0.3) is 5.91 Å². The number of nitrogens with one attached hydrogen (secondary N) is 2. The number of carbonyl (C=O) groups excluding carboxylic acids is 2. The van der Waals surface area contributed by atoms with Crippen LogP contribution < -0.4 is 15.4 Å². The number of amides is 2. The van der Waals surface area contributed by atoms with Crippen LogP contribution in [0.2, 0.25) is 0 Å². The molecule has 0 heterocycles. The van der Waals surface area contributed by atoms with Crippen molar-refractivity contribution in [2.45, 2.75) is 46.5 Å². The van der Waals surface area contributed by atoms with Gasteiger partial charge < -0.3 is 15.4 Å². The van der Waals surface area contributed by atoms with Crippen LogP contribution in [0.15, 0.2) is 36.4 Å². The highest BCUT2D eigenvalue weighted by molar-refractivity contribution is 5.97. The molecular weight excluding hydrogens is 352 g/mol. The van der Waals surface area contributed by atoms with Crippen LogP contribution in [0.3, 0.4) is 0 Å². The van der Waals surface area contributed by atoms with Gasteiger partial charge in [-0.2, -0.15) is 0 Å². The summed E-state index contributed by atoms with van der Waals surface area (Å²) in [6, 6.07) is 11.6.